The molecule has 5 N–H and O–H groups in total. The van der Waals surface area contributed by atoms with Gasteiger partial charge in [0.1, 0.15) is 27.2 Å². The Hall–Kier alpha value is -4.29. The number of nitrogens with two attached hydrogens (primary N) is 2. The number of nitrogen functional groups attached to an aromatic ring is 2. The lowest BCUT2D eigenvalue weighted by molar-refractivity contribution is 0.0959. The van der Waals surface area contributed by atoms with E-state index in [0.717, 1.165) is 28.0 Å². The minimum atomic E-state index is -0.307. The molecule has 0 aliphatic heterocycles. The van der Waals surface area contributed by atoms with Gasteiger partial charge in [0.05, 0.1) is 19.9 Å². The molecule has 4 rings (SSSR count). The highest BCUT2D eigenvalue weighted by molar-refractivity contribution is 7.21. The van der Waals surface area contributed by atoms with Crippen LogP contribution in [0, 0.1) is 18.3 Å². The molecule has 0 saturated heterocycles. The fraction of sp³-hybridized carbons (Fsp3) is 0.192. The lowest BCUT2D eigenvalue weighted by Gasteiger charge is -2.10. The monoisotopic (exact) mass is 487 g/mol. The summed E-state index contributed by atoms with van der Waals surface area (Å²) in [6, 6.07) is 15.5. The van der Waals surface area contributed by atoms with Crippen molar-refractivity contribution in [2.75, 3.05) is 32.2 Å². The van der Waals surface area contributed by atoms with E-state index < -0.39 is 0 Å². The maximum Gasteiger partial charge on any atom is 0.263 e. The van der Waals surface area contributed by atoms with E-state index in [0.29, 0.717) is 45.1 Å². The smallest absolute Gasteiger partial charge is 0.263 e. The molecular formula is C26H25N5O3S. The Morgan fingerprint density at radius 2 is 1.83 bits per heavy atom. The Morgan fingerprint density at radius 3 is 2.49 bits per heavy atom. The molecule has 2 aromatic carbocycles. The second kappa shape index (κ2) is 9.91. The minimum absolute atomic E-state index is 0.109. The Labute approximate surface area is 207 Å². The van der Waals surface area contributed by atoms with Crippen molar-refractivity contribution < 1.29 is 14.3 Å². The van der Waals surface area contributed by atoms with Gasteiger partial charge in [-0.05, 0) is 36.6 Å². The molecule has 0 atom stereocenters. The van der Waals surface area contributed by atoms with Crippen molar-refractivity contribution in [1.82, 2.24) is 10.3 Å². The number of fused-ring (bicyclic) bond motifs is 1. The zero-order chi connectivity index (χ0) is 25.1. The van der Waals surface area contributed by atoms with Gasteiger partial charge in [0.15, 0.2) is 11.5 Å². The summed E-state index contributed by atoms with van der Waals surface area (Å²) < 4.78 is 10.6. The van der Waals surface area contributed by atoms with Crippen LogP contribution in [0.3, 0.4) is 0 Å². The first-order valence-corrected chi connectivity index (χ1v) is 11.7. The first kappa shape index (κ1) is 23.9. The van der Waals surface area contributed by atoms with Gasteiger partial charge in [-0.15, -0.1) is 11.3 Å². The predicted octanol–water partition coefficient (Wildman–Crippen LogP) is 4.30. The summed E-state index contributed by atoms with van der Waals surface area (Å²) in [5.74, 6) is 1.08. The van der Waals surface area contributed by atoms with E-state index in [4.69, 9.17) is 20.9 Å². The topological polar surface area (TPSA) is 136 Å². The number of ether oxygens (including phenoxy) is 2. The summed E-state index contributed by atoms with van der Waals surface area (Å²) in [5, 5.41) is 13.3. The van der Waals surface area contributed by atoms with Gasteiger partial charge in [-0.2, -0.15) is 5.26 Å². The number of hydrogen-bond acceptors (Lipinski definition) is 8. The molecule has 0 unspecified atom stereocenters. The highest BCUT2D eigenvalue weighted by Gasteiger charge is 2.24. The van der Waals surface area contributed by atoms with Crippen molar-refractivity contribution in [2.45, 2.75) is 13.3 Å². The average molecular weight is 488 g/mol. The molecule has 9 heteroatoms. The number of amides is 1. The van der Waals surface area contributed by atoms with E-state index in [9.17, 15) is 10.1 Å². The number of aromatic nitrogens is 1. The average Bonchev–Trinajstić information content (AvgIpc) is 3.19. The number of carbonyl (C=O) groups excluding carboxylic acids is 1. The molecule has 1 amide bonds. The van der Waals surface area contributed by atoms with Crippen LogP contribution >= 0.6 is 11.3 Å². The van der Waals surface area contributed by atoms with E-state index in [2.05, 4.69) is 16.4 Å². The molecule has 2 heterocycles. The van der Waals surface area contributed by atoms with Crippen LogP contribution in [0.4, 0.5) is 11.5 Å². The number of nitrogens with one attached hydrogen (secondary N) is 1. The van der Waals surface area contributed by atoms with Crippen LogP contribution in [0.2, 0.25) is 0 Å². The molecule has 178 valence electrons. The largest absolute Gasteiger partial charge is 0.493 e. The summed E-state index contributed by atoms with van der Waals surface area (Å²) >= 11 is 1.16. The molecule has 0 saturated carbocycles. The lowest BCUT2D eigenvalue weighted by Crippen LogP contribution is -2.25. The molecule has 0 bridgehead atoms. The van der Waals surface area contributed by atoms with Gasteiger partial charge < -0.3 is 26.3 Å². The summed E-state index contributed by atoms with van der Waals surface area (Å²) in [6.45, 7) is 2.38. The number of hydrogen-bond donors (Lipinski definition) is 3. The van der Waals surface area contributed by atoms with Crippen molar-refractivity contribution >= 4 is 39.0 Å². The summed E-state index contributed by atoms with van der Waals surface area (Å²) in [7, 11) is 3.16. The van der Waals surface area contributed by atoms with Gasteiger partial charge in [0.25, 0.3) is 5.91 Å². The molecule has 8 nitrogen and oxygen atoms in total. The number of thiophene rings is 1. The van der Waals surface area contributed by atoms with Crippen molar-refractivity contribution in [3.8, 4) is 28.7 Å². The second-order valence-electron chi connectivity index (χ2n) is 7.95. The number of rotatable bonds is 7. The normalized spacial score (nSPS) is 10.7. The predicted molar refractivity (Wildman–Crippen MR) is 139 cm³/mol. The van der Waals surface area contributed by atoms with E-state index in [1.54, 1.807) is 14.2 Å². The molecule has 0 spiro atoms. The number of methoxy groups -OCH3 is 2. The summed E-state index contributed by atoms with van der Waals surface area (Å²) in [6.07, 6.45) is 0.593. The number of nitriles is 1. The highest BCUT2D eigenvalue weighted by Crippen LogP contribution is 2.42. The SMILES string of the molecule is COc1ccc(CCNC(=O)c2sc3nc(N)c(C#N)c(-c4ccc(C)cc4)c3c2N)cc1OC. The molecule has 0 fully saturated rings. The van der Waals surface area contributed by atoms with E-state index in [-0.39, 0.29) is 23.0 Å². The Morgan fingerprint density at radius 1 is 1.11 bits per heavy atom. The standard InChI is InChI=1S/C26H25N5O3S/c1-14-4-7-16(8-5-14)20-17(13-27)24(29)31-26-21(20)22(28)23(35-26)25(32)30-11-10-15-6-9-18(33-2)19(12-15)34-3/h4-9,12H,10-11,28H2,1-3H3,(H2,29,31)(H,30,32). The quantitative estimate of drug-likeness (QED) is 0.353. The number of aryl methyl sites for hydroxylation is 1. The number of benzene rings is 2. The minimum Gasteiger partial charge on any atom is -0.493 e. The van der Waals surface area contributed by atoms with Crippen LogP contribution in [-0.4, -0.2) is 31.7 Å². The molecule has 2 aromatic heterocycles. The van der Waals surface area contributed by atoms with Crippen molar-refractivity contribution in [3.63, 3.8) is 0 Å². The molecular weight excluding hydrogens is 462 g/mol. The first-order valence-electron chi connectivity index (χ1n) is 10.9. The van der Waals surface area contributed by atoms with Crippen LogP contribution in [0.25, 0.3) is 21.3 Å². The van der Waals surface area contributed by atoms with E-state index >= 15 is 0 Å². The molecule has 4 aromatic rings. The molecule has 0 aliphatic carbocycles. The van der Waals surface area contributed by atoms with Gasteiger partial charge in [-0.25, -0.2) is 4.98 Å². The fourth-order valence-corrected chi connectivity index (χ4v) is 4.93. The third-order valence-corrected chi connectivity index (χ3v) is 6.81. The van der Waals surface area contributed by atoms with Gasteiger partial charge >= 0.3 is 0 Å². The third-order valence-electron chi connectivity index (χ3n) is 5.71. The van der Waals surface area contributed by atoms with Gasteiger partial charge in [0.2, 0.25) is 0 Å². The van der Waals surface area contributed by atoms with Crippen molar-refractivity contribution in [3.05, 3.63) is 64.0 Å². The lowest BCUT2D eigenvalue weighted by atomic mass is 9.96. The number of anilines is 2. The maximum absolute atomic E-state index is 13.0. The Bertz CT molecular complexity index is 1460. The van der Waals surface area contributed by atoms with Crippen LogP contribution in [0.1, 0.15) is 26.4 Å². The van der Waals surface area contributed by atoms with Gasteiger partial charge in [-0.1, -0.05) is 35.9 Å². The summed E-state index contributed by atoms with van der Waals surface area (Å²) in [5.41, 5.74) is 16.5. The zero-order valence-corrected chi connectivity index (χ0v) is 20.5. The van der Waals surface area contributed by atoms with Crippen molar-refractivity contribution in [1.29, 1.82) is 5.26 Å². The number of pyridine rings is 1. The molecule has 35 heavy (non-hydrogen) atoms. The number of nitrogens with zero attached hydrogens (tertiary/aromatic N) is 2. The van der Waals surface area contributed by atoms with Gasteiger partial charge in [-0.3, -0.25) is 4.79 Å². The highest BCUT2D eigenvalue weighted by atomic mass is 32.1. The van der Waals surface area contributed by atoms with Crippen LogP contribution < -0.4 is 26.3 Å². The first-order chi connectivity index (χ1) is 16.9. The summed E-state index contributed by atoms with van der Waals surface area (Å²) in [4.78, 5) is 18.2. The van der Waals surface area contributed by atoms with E-state index in [1.807, 2.05) is 49.4 Å². The van der Waals surface area contributed by atoms with Crippen LogP contribution in [0.15, 0.2) is 42.5 Å². The Balaban J connectivity index is 1.63. The zero-order valence-electron chi connectivity index (χ0n) is 19.6. The molecule has 0 radical (unpaired) electrons. The van der Waals surface area contributed by atoms with Gasteiger partial charge in [0, 0.05) is 17.5 Å². The van der Waals surface area contributed by atoms with E-state index in [1.165, 1.54) is 0 Å². The fourth-order valence-electron chi connectivity index (χ4n) is 3.90. The third kappa shape index (κ3) is 4.56. The molecule has 0 aliphatic rings. The van der Waals surface area contributed by atoms with Crippen LogP contribution in [-0.2, 0) is 6.42 Å². The van der Waals surface area contributed by atoms with Crippen LogP contribution in [0.5, 0.6) is 11.5 Å². The Kier molecular flexibility index (Phi) is 6.75. The number of carbonyl (C=O) groups is 1. The van der Waals surface area contributed by atoms with Crippen molar-refractivity contribution in [2.24, 2.45) is 0 Å². The maximum atomic E-state index is 13.0. The second-order valence-corrected chi connectivity index (χ2v) is 8.94.